The minimum atomic E-state index is -0.394. The Balaban J connectivity index is 1.53. The SMILES string of the molecule is O=C(N/N=C\c1ccc(/C=N\NC(=O)c2ccccc2Cl)cc1)c1ccccc1Cl. The molecule has 0 aromatic heterocycles. The van der Waals surface area contributed by atoms with Gasteiger partial charge in [0.2, 0.25) is 0 Å². The molecular formula is C22H16Cl2N4O2. The summed E-state index contributed by atoms with van der Waals surface area (Å²) in [6, 6.07) is 20.6. The minimum absolute atomic E-state index is 0.349. The van der Waals surface area contributed by atoms with E-state index in [4.69, 9.17) is 23.2 Å². The third kappa shape index (κ3) is 5.76. The Hall–Kier alpha value is -3.48. The van der Waals surface area contributed by atoms with Gasteiger partial charge in [0.05, 0.1) is 33.6 Å². The van der Waals surface area contributed by atoms with E-state index in [1.807, 2.05) is 0 Å². The molecule has 2 amide bonds. The van der Waals surface area contributed by atoms with Crippen molar-refractivity contribution in [3.8, 4) is 0 Å². The number of hydrogen-bond donors (Lipinski definition) is 2. The van der Waals surface area contributed by atoms with E-state index in [-0.39, 0.29) is 0 Å². The van der Waals surface area contributed by atoms with Crippen molar-refractivity contribution in [1.29, 1.82) is 0 Å². The summed E-state index contributed by atoms with van der Waals surface area (Å²) in [5, 5.41) is 8.57. The van der Waals surface area contributed by atoms with Crippen LogP contribution in [-0.4, -0.2) is 24.2 Å². The van der Waals surface area contributed by atoms with Gasteiger partial charge < -0.3 is 0 Å². The fourth-order valence-electron chi connectivity index (χ4n) is 2.41. The molecule has 0 fully saturated rings. The lowest BCUT2D eigenvalue weighted by Crippen LogP contribution is -2.18. The molecule has 8 heteroatoms. The Morgan fingerprint density at radius 3 is 1.37 bits per heavy atom. The molecule has 3 aromatic rings. The molecular weight excluding hydrogens is 423 g/mol. The number of amides is 2. The number of carbonyl (C=O) groups is 2. The van der Waals surface area contributed by atoms with Gasteiger partial charge in [0.25, 0.3) is 11.8 Å². The van der Waals surface area contributed by atoms with Gasteiger partial charge in [-0.1, -0.05) is 71.7 Å². The van der Waals surface area contributed by atoms with E-state index < -0.39 is 11.8 Å². The first-order chi connectivity index (χ1) is 14.5. The van der Waals surface area contributed by atoms with E-state index >= 15 is 0 Å². The van der Waals surface area contributed by atoms with Crippen LogP contribution < -0.4 is 10.9 Å². The van der Waals surface area contributed by atoms with Crippen LogP contribution in [0.15, 0.2) is 83.0 Å². The third-order valence-corrected chi connectivity index (χ3v) is 4.59. The third-order valence-electron chi connectivity index (χ3n) is 3.93. The molecule has 0 atom stereocenters. The molecule has 150 valence electrons. The van der Waals surface area contributed by atoms with Crippen molar-refractivity contribution in [3.63, 3.8) is 0 Å². The average Bonchev–Trinajstić information content (AvgIpc) is 2.75. The van der Waals surface area contributed by atoms with Crippen LogP contribution in [0.5, 0.6) is 0 Å². The van der Waals surface area contributed by atoms with Crippen LogP contribution in [0.1, 0.15) is 31.8 Å². The summed E-state index contributed by atoms with van der Waals surface area (Å²) in [7, 11) is 0. The zero-order valence-corrected chi connectivity index (χ0v) is 17.1. The van der Waals surface area contributed by atoms with Gasteiger partial charge in [-0.25, -0.2) is 10.9 Å². The lowest BCUT2D eigenvalue weighted by Gasteiger charge is -2.02. The van der Waals surface area contributed by atoms with Gasteiger partial charge in [-0.15, -0.1) is 0 Å². The van der Waals surface area contributed by atoms with Gasteiger partial charge in [-0.05, 0) is 35.4 Å². The standard InChI is InChI=1S/C22H16Cl2N4O2/c23-19-7-3-1-5-17(19)21(29)27-25-13-15-9-11-16(12-10-15)14-26-28-22(30)18-6-2-4-8-20(18)24/h1-14H,(H,27,29)(H,28,30)/b25-13-,26-14-. The number of rotatable bonds is 6. The van der Waals surface area contributed by atoms with E-state index in [1.54, 1.807) is 72.8 Å². The summed E-state index contributed by atoms with van der Waals surface area (Å²) in [6.45, 7) is 0. The number of hydrogen-bond acceptors (Lipinski definition) is 4. The van der Waals surface area contributed by atoms with Crippen molar-refractivity contribution in [2.75, 3.05) is 0 Å². The first-order valence-electron chi connectivity index (χ1n) is 8.80. The minimum Gasteiger partial charge on any atom is -0.267 e. The number of benzene rings is 3. The molecule has 30 heavy (non-hydrogen) atoms. The summed E-state index contributed by atoms with van der Waals surface area (Å²) < 4.78 is 0. The van der Waals surface area contributed by atoms with Crippen LogP contribution >= 0.6 is 23.2 Å². The first kappa shape index (κ1) is 21.2. The van der Waals surface area contributed by atoms with Crippen LogP contribution in [0.3, 0.4) is 0 Å². The van der Waals surface area contributed by atoms with Crippen LogP contribution in [-0.2, 0) is 0 Å². The second-order valence-electron chi connectivity index (χ2n) is 6.02. The molecule has 0 saturated carbocycles. The molecule has 0 saturated heterocycles. The quantitative estimate of drug-likeness (QED) is 0.437. The zero-order valence-electron chi connectivity index (χ0n) is 15.5. The summed E-state index contributed by atoms with van der Waals surface area (Å²) in [4.78, 5) is 24.1. The van der Waals surface area contributed by atoms with Gasteiger partial charge in [-0.2, -0.15) is 10.2 Å². The van der Waals surface area contributed by atoms with Crippen molar-refractivity contribution in [3.05, 3.63) is 105 Å². The van der Waals surface area contributed by atoms with E-state index in [9.17, 15) is 9.59 Å². The fourth-order valence-corrected chi connectivity index (χ4v) is 2.85. The Kier molecular flexibility index (Phi) is 7.32. The highest BCUT2D eigenvalue weighted by Gasteiger charge is 2.08. The van der Waals surface area contributed by atoms with Gasteiger partial charge in [-0.3, -0.25) is 9.59 Å². The number of hydrazone groups is 2. The number of carbonyl (C=O) groups excluding carboxylic acids is 2. The molecule has 0 aliphatic rings. The molecule has 0 spiro atoms. The van der Waals surface area contributed by atoms with Crippen LogP contribution in [0.2, 0.25) is 10.0 Å². The Morgan fingerprint density at radius 2 is 1.00 bits per heavy atom. The molecule has 6 nitrogen and oxygen atoms in total. The predicted molar refractivity (Wildman–Crippen MR) is 119 cm³/mol. The van der Waals surface area contributed by atoms with Crippen molar-refractivity contribution in [2.45, 2.75) is 0 Å². The Labute approximate surface area is 183 Å². The van der Waals surface area contributed by atoms with Crippen LogP contribution in [0.25, 0.3) is 0 Å². The number of halogens is 2. The van der Waals surface area contributed by atoms with Crippen molar-refractivity contribution in [2.24, 2.45) is 10.2 Å². The molecule has 0 bridgehead atoms. The van der Waals surface area contributed by atoms with Gasteiger partial charge >= 0.3 is 0 Å². The molecule has 0 radical (unpaired) electrons. The van der Waals surface area contributed by atoms with Crippen LogP contribution in [0.4, 0.5) is 0 Å². The molecule has 0 heterocycles. The van der Waals surface area contributed by atoms with E-state index in [1.165, 1.54) is 12.4 Å². The molecule has 3 aromatic carbocycles. The van der Waals surface area contributed by atoms with E-state index in [0.717, 1.165) is 11.1 Å². The highest BCUT2D eigenvalue weighted by Crippen LogP contribution is 2.15. The second-order valence-corrected chi connectivity index (χ2v) is 6.84. The zero-order chi connectivity index (χ0) is 21.3. The Morgan fingerprint density at radius 1 is 0.633 bits per heavy atom. The maximum atomic E-state index is 12.0. The van der Waals surface area contributed by atoms with Gasteiger partial charge in [0, 0.05) is 0 Å². The highest BCUT2D eigenvalue weighted by molar-refractivity contribution is 6.34. The largest absolute Gasteiger partial charge is 0.272 e. The lowest BCUT2D eigenvalue weighted by atomic mass is 10.2. The average molecular weight is 439 g/mol. The molecule has 2 N–H and O–H groups in total. The van der Waals surface area contributed by atoms with E-state index in [0.29, 0.717) is 21.2 Å². The summed E-state index contributed by atoms with van der Waals surface area (Å²) in [5.41, 5.74) is 7.10. The summed E-state index contributed by atoms with van der Waals surface area (Å²) >= 11 is 12.0. The van der Waals surface area contributed by atoms with Crippen molar-refractivity contribution >= 4 is 47.4 Å². The molecule has 3 rings (SSSR count). The van der Waals surface area contributed by atoms with E-state index in [2.05, 4.69) is 21.1 Å². The monoisotopic (exact) mass is 438 g/mol. The number of nitrogens with zero attached hydrogens (tertiary/aromatic N) is 2. The fraction of sp³-hybridized carbons (Fsp3) is 0. The summed E-state index contributed by atoms with van der Waals surface area (Å²) in [5.74, 6) is -0.787. The predicted octanol–water partition coefficient (Wildman–Crippen LogP) is 4.52. The van der Waals surface area contributed by atoms with Gasteiger partial charge in [0.1, 0.15) is 0 Å². The molecule has 0 aliphatic carbocycles. The maximum Gasteiger partial charge on any atom is 0.272 e. The first-order valence-corrected chi connectivity index (χ1v) is 9.56. The maximum absolute atomic E-state index is 12.0. The van der Waals surface area contributed by atoms with Crippen LogP contribution in [0, 0.1) is 0 Å². The smallest absolute Gasteiger partial charge is 0.267 e. The van der Waals surface area contributed by atoms with Crippen molar-refractivity contribution in [1.82, 2.24) is 10.9 Å². The normalized spacial score (nSPS) is 11.0. The summed E-state index contributed by atoms with van der Waals surface area (Å²) in [6.07, 6.45) is 3.02. The molecule has 0 aliphatic heterocycles. The molecule has 0 unspecified atom stereocenters. The Bertz CT molecular complexity index is 1020. The number of nitrogens with one attached hydrogen (secondary N) is 2. The highest BCUT2D eigenvalue weighted by atomic mass is 35.5. The van der Waals surface area contributed by atoms with Crippen molar-refractivity contribution < 1.29 is 9.59 Å². The van der Waals surface area contributed by atoms with Gasteiger partial charge in [0.15, 0.2) is 0 Å². The second kappa shape index (κ2) is 10.3. The lowest BCUT2D eigenvalue weighted by molar-refractivity contribution is 0.0947. The topological polar surface area (TPSA) is 82.9 Å².